The Kier molecular flexibility index (Phi) is 3.70. The Morgan fingerprint density at radius 1 is 1.21 bits per heavy atom. The molecule has 0 unspecified atom stereocenters. The molecule has 6 heteroatoms. The van der Waals surface area contributed by atoms with E-state index in [0.29, 0.717) is 5.56 Å². The summed E-state index contributed by atoms with van der Waals surface area (Å²) < 4.78 is 0. The van der Waals surface area contributed by atoms with Gasteiger partial charge in [0.2, 0.25) is 5.78 Å². The molecule has 1 aliphatic heterocycles. The molecule has 0 bridgehead atoms. The lowest BCUT2D eigenvalue weighted by Crippen LogP contribution is -2.15. The Hall–Kier alpha value is -1.98. The molecule has 0 atom stereocenters. The van der Waals surface area contributed by atoms with E-state index in [9.17, 15) is 4.79 Å². The molecule has 0 radical (unpaired) electrons. The summed E-state index contributed by atoms with van der Waals surface area (Å²) in [6, 6.07) is 7.20. The Labute approximate surface area is 78.5 Å². The van der Waals surface area contributed by atoms with Crippen molar-refractivity contribution in [2.75, 3.05) is 5.32 Å². The number of nitrogens with two attached hydrogens (primary N) is 1. The van der Waals surface area contributed by atoms with E-state index in [1.165, 1.54) is 0 Å². The van der Waals surface area contributed by atoms with E-state index < -0.39 is 0 Å². The first kappa shape index (κ1) is 12.0. The van der Waals surface area contributed by atoms with Gasteiger partial charge in [0.1, 0.15) is 0 Å². The van der Waals surface area contributed by atoms with Gasteiger partial charge >= 0.3 is 0 Å². The van der Waals surface area contributed by atoms with E-state index >= 15 is 0 Å². The van der Waals surface area contributed by atoms with Gasteiger partial charge in [-0.05, 0) is 12.1 Å². The standard InChI is InChI=1S/C8H7N3O.2FH/c9-11-8-7(12)5-3-1-2-4-6(5)10-8;;/h1-4H,9H2,(H,10,11,12);2*1H. The lowest BCUT2D eigenvalue weighted by Gasteiger charge is -1.93. The summed E-state index contributed by atoms with van der Waals surface area (Å²) in [6.45, 7) is 0. The third kappa shape index (κ3) is 1.54. The first-order chi connectivity index (χ1) is 5.83. The zero-order valence-electron chi connectivity index (χ0n) is 7.06. The molecule has 0 aliphatic carbocycles. The molecule has 0 saturated heterocycles. The summed E-state index contributed by atoms with van der Waals surface area (Å²) in [4.78, 5) is 11.4. The first-order valence-electron chi connectivity index (χ1n) is 3.51. The van der Waals surface area contributed by atoms with Gasteiger partial charge < -0.3 is 11.2 Å². The minimum atomic E-state index is -0.145. The van der Waals surface area contributed by atoms with Crippen molar-refractivity contribution in [2.24, 2.45) is 10.9 Å². The number of benzene rings is 1. The van der Waals surface area contributed by atoms with Gasteiger partial charge in [-0.3, -0.25) is 14.2 Å². The molecule has 4 nitrogen and oxygen atoms in total. The predicted octanol–water partition coefficient (Wildman–Crippen LogP) is 0.872. The zero-order chi connectivity index (χ0) is 8.55. The molecule has 0 fully saturated rings. The molecular formula is C8H9F2N3O. The highest BCUT2D eigenvalue weighted by Gasteiger charge is 2.24. The second-order valence-corrected chi connectivity index (χ2v) is 2.48. The molecule has 0 amide bonds. The average molecular weight is 201 g/mol. The molecule has 1 aromatic rings. The number of carbonyl (C=O) groups excluding carboxylic acids is 1. The fourth-order valence-electron chi connectivity index (χ4n) is 1.19. The number of halogens is 2. The van der Waals surface area contributed by atoms with Crippen LogP contribution in [-0.4, -0.2) is 11.6 Å². The van der Waals surface area contributed by atoms with Crippen LogP contribution in [0.25, 0.3) is 0 Å². The van der Waals surface area contributed by atoms with Crippen LogP contribution >= 0.6 is 0 Å². The van der Waals surface area contributed by atoms with Crippen molar-refractivity contribution < 1.29 is 14.2 Å². The van der Waals surface area contributed by atoms with Crippen LogP contribution in [-0.2, 0) is 0 Å². The highest BCUT2D eigenvalue weighted by Crippen LogP contribution is 2.21. The topological polar surface area (TPSA) is 67.5 Å². The lowest BCUT2D eigenvalue weighted by molar-refractivity contribution is 0.106. The fraction of sp³-hybridized carbons (Fsp3) is 0. The monoisotopic (exact) mass is 201 g/mol. The summed E-state index contributed by atoms with van der Waals surface area (Å²) >= 11 is 0. The van der Waals surface area contributed by atoms with Crippen molar-refractivity contribution >= 4 is 17.3 Å². The number of carbonyl (C=O) groups is 1. The highest BCUT2D eigenvalue weighted by molar-refractivity contribution is 6.53. The minimum absolute atomic E-state index is 0. The molecule has 14 heavy (non-hydrogen) atoms. The molecule has 1 aromatic carbocycles. The first-order valence-corrected chi connectivity index (χ1v) is 3.51. The number of rotatable bonds is 0. The van der Waals surface area contributed by atoms with Gasteiger partial charge in [-0.25, -0.2) is 0 Å². The van der Waals surface area contributed by atoms with Crippen LogP contribution in [0.5, 0.6) is 0 Å². The predicted molar refractivity (Wildman–Crippen MR) is 51.0 cm³/mol. The molecule has 76 valence electrons. The molecule has 0 aromatic heterocycles. The average Bonchev–Trinajstić information content (AvgIpc) is 2.44. The lowest BCUT2D eigenvalue weighted by atomic mass is 10.1. The number of hydrazone groups is 1. The van der Waals surface area contributed by atoms with Crippen molar-refractivity contribution in [2.45, 2.75) is 0 Å². The van der Waals surface area contributed by atoms with E-state index in [2.05, 4.69) is 10.4 Å². The number of amidine groups is 1. The van der Waals surface area contributed by atoms with Crippen LogP contribution in [0.1, 0.15) is 10.4 Å². The normalized spacial score (nSPS) is 15.1. The zero-order valence-corrected chi connectivity index (χ0v) is 7.06. The van der Waals surface area contributed by atoms with E-state index in [4.69, 9.17) is 5.84 Å². The largest absolute Gasteiger partial charge is 0.335 e. The van der Waals surface area contributed by atoms with E-state index in [0.717, 1.165) is 5.69 Å². The molecule has 3 N–H and O–H groups in total. The van der Waals surface area contributed by atoms with Gasteiger partial charge in [0, 0.05) is 5.56 Å². The van der Waals surface area contributed by atoms with Crippen LogP contribution in [0.15, 0.2) is 29.4 Å². The van der Waals surface area contributed by atoms with Crippen LogP contribution < -0.4 is 11.2 Å². The number of fused-ring (bicyclic) bond motifs is 1. The quantitative estimate of drug-likeness (QED) is 0.483. The van der Waals surface area contributed by atoms with Crippen LogP contribution in [0, 0.1) is 0 Å². The summed E-state index contributed by atoms with van der Waals surface area (Å²) in [5, 5.41) is 6.15. The van der Waals surface area contributed by atoms with Crippen LogP contribution in [0.4, 0.5) is 15.1 Å². The van der Waals surface area contributed by atoms with Crippen LogP contribution in [0.3, 0.4) is 0 Å². The van der Waals surface area contributed by atoms with E-state index in [1.54, 1.807) is 12.1 Å². The number of nitrogens with one attached hydrogen (secondary N) is 1. The third-order valence-corrected chi connectivity index (χ3v) is 1.77. The second kappa shape index (κ2) is 4.31. The number of anilines is 1. The summed E-state index contributed by atoms with van der Waals surface area (Å²) in [5.41, 5.74) is 1.40. The summed E-state index contributed by atoms with van der Waals surface area (Å²) in [6.07, 6.45) is 0. The highest BCUT2D eigenvalue weighted by atomic mass is 19.0. The molecule has 1 heterocycles. The molecule has 1 aliphatic rings. The number of nitrogens with zero attached hydrogens (tertiary/aromatic N) is 1. The van der Waals surface area contributed by atoms with Gasteiger partial charge in [0.15, 0.2) is 5.84 Å². The van der Waals surface area contributed by atoms with Crippen molar-refractivity contribution in [3.63, 3.8) is 0 Å². The Morgan fingerprint density at radius 3 is 2.43 bits per heavy atom. The van der Waals surface area contributed by atoms with Gasteiger partial charge in [0.05, 0.1) is 5.69 Å². The fourth-order valence-corrected chi connectivity index (χ4v) is 1.19. The van der Waals surface area contributed by atoms with Crippen molar-refractivity contribution in [1.29, 1.82) is 0 Å². The minimum Gasteiger partial charge on any atom is -0.335 e. The maximum absolute atomic E-state index is 11.4. The third-order valence-electron chi connectivity index (χ3n) is 1.77. The summed E-state index contributed by atoms with van der Waals surface area (Å²) in [7, 11) is 0. The Bertz CT molecular complexity index is 379. The van der Waals surface area contributed by atoms with E-state index in [-0.39, 0.29) is 21.0 Å². The van der Waals surface area contributed by atoms with Crippen molar-refractivity contribution in [3.8, 4) is 0 Å². The second-order valence-electron chi connectivity index (χ2n) is 2.48. The van der Waals surface area contributed by atoms with Crippen molar-refractivity contribution in [1.82, 2.24) is 0 Å². The molecular weight excluding hydrogens is 192 g/mol. The number of para-hydroxylation sites is 1. The molecule has 2 rings (SSSR count). The van der Waals surface area contributed by atoms with Gasteiger partial charge in [-0.15, -0.1) is 0 Å². The smallest absolute Gasteiger partial charge is 0.232 e. The Balaban J connectivity index is 0.000000845. The van der Waals surface area contributed by atoms with Crippen molar-refractivity contribution in [3.05, 3.63) is 29.8 Å². The maximum Gasteiger partial charge on any atom is 0.232 e. The number of Topliss-reactive ketones (excluding diaryl/α,β-unsaturated/α-hetero) is 1. The number of hydrogen-bond acceptors (Lipinski definition) is 3. The summed E-state index contributed by atoms with van der Waals surface area (Å²) in [5.74, 6) is 5.07. The Morgan fingerprint density at radius 2 is 1.86 bits per heavy atom. The van der Waals surface area contributed by atoms with E-state index in [1.807, 2.05) is 12.1 Å². The number of hydrogen-bond donors (Lipinski definition) is 2. The SMILES string of the molecule is F.F.NN=C1Nc2ccccc2C1=O. The van der Waals surface area contributed by atoms with Crippen LogP contribution in [0.2, 0.25) is 0 Å². The van der Waals surface area contributed by atoms with Gasteiger partial charge in [-0.2, -0.15) is 5.10 Å². The molecule has 0 saturated carbocycles. The van der Waals surface area contributed by atoms with Gasteiger partial charge in [0.25, 0.3) is 0 Å². The van der Waals surface area contributed by atoms with Gasteiger partial charge in [-0.1, -0.05) is 12.1 Å². The molecule has 0 spiro atoms. The number of ketones is 1. The maximum atomic E-state index is 11.4.